The van der Waals surface area contributed by atoms with Gasteiger partial charge in [-0.2, -0.15) is 0 Å². The smallest absolute Gasteiger partial charge is 0.166 e. The lowest BCUT2D eigenvalue weighted by Crippen LogP contribution is -2.01. The van der Waals surface area contributed by atoms with Crippen molar-refractivity contribution in [2.45, 2.75) is 0 Å². The molecule has 0 aliphatic rings. The van der Waals surface area contributed by atoms with Crippen LogP contribution in [0.15, 0.2) is 170 Å². The molecule has 6 nitrogen and oxygen atoms in total. The Morgan fingerprint density at radius 3 is 1.75 bits per heavy atom. The molecule has 0 N–H and O–H groups in total. The number of nitrogens with zero attached hydrogens (tertiary/aromatic N) is 6. The molecular weight excluding hydrogens is 637 g/mol. The Hall–Kier alpha value is -7.18. The number of hydrogen-bond donors (Lipinski definition) is 0. The molecule has 0 unspecified atom stereocenters. The predicted molar refractivity (Wildman–Crippen MR) is 210 cm³/mol. The molecule has 0 saturated heterocycles. The van der Waals surface area contributed by atoms with Crippen LogP contribution in [-0.4, -0.2) is 29.9 Å². The Balaban J connectivity index is 1.17. The van der Waals surface area contributed by atoms with Crippen LogP contribution in [0.3, 0.4) is 0 Å². The monoisotopic (exact) mass is 664 g/mol. The maximum atomic E-state index is 5.18. The number of pyridine rings is 3. The Labute approximate surface area is 299 Å². The van der Waals surface area contributed by atoms with Gasteiger partial charge in [0, 0.05) is 50.8 Å². The van der Waals surface area contributed by atoms with Crippen molar-refractivity contribution in [3.8, 4) is 56.5 Å². The molecule has 242 valence electrons. The van der Waals surface area contributed by atoms with Crippen molar-refractivity contribution >= 4 is 43.5 Å². The Morgan fingerprint density at radius 2 is 0.904 bits per heavy atom. The second kappa shape index (κ2) is 12.3. The summed E-state index contributed by atoms with van der Waals surface area (Å²) in [6, 6.07) is 54.0. The van der Waals surface area contributed by atoms with Gasteiger partial charge in [0.15, 0.2) is 17.5 Å². The molecule has 0 fully saturated rings. The third-order valence-electron chi connectivity index (χ3n) is 9.59. The molecule has 10 aromatic rings. The van der Waals surface area contributed by atoms with E-state index in [2.05, 4.69) is 132 Å². The summed E-state index contributed by atoms with van der Waals surface area (Å²) in [4.78, 5) is 30.0. The quantitative estimate of drug-likeness (QED) is 0.170. The van der Waals surface area contributed by atoms with Gasteiger partial charge in [0.05, 0.1) is 22.2 Å². The maximum absolute atomic E-state index is 5.18. The lowest BCUT2D eigenvalue weighted by molar-refractivity contribution is 1.08. The highest BCUT2D eigenvalue weighted by molar-refractivity contribution is 6.04. The maximum Gasteiger partial charge on any atom is 0.166 e. The van der Waals surface area contributed by atoms with Crippen molar-refractivity contribution in [2.75, 3.05) is 0 Å². The fraction of sp³-hybridized carbons (Fsp3) is 0. The molecule has 10 rings (SSSR count). The summed E-state index contributed by atoms with van der Waals surface area (Å²) >= 11 is 0. The highest BCUT2D eigenvalue weighted by Crippen LogP contribution is 2.35. The summed E-state index contributed by atoms with van der Waals surface area (Å²) in [5.74, 6) is 1.75. The van der Waals surface area contributed by atoms with Crippen LogP contribution in [0.25, 0.3) is 100 Å². The minimum Gasteiger partial charge on any atom is -0.255 e. The summed E-state index contributed by atoms with van der Waals surface area (Å²) in [5, 5.41) is 5.25. The first-order valence-corrected chi connectivity index (χ1v) is 17.2. The van der Waals surface area contributed by atoms with Gasteiger partial charge in [0.2, 0.25) is 0 Å². The van der Waals surface area contributed by atoms with E-state index in [4.69, 9.17) is 24.9 Å². The van der Waals surface area contributed by atoms with Crippen LogP contribution in [-0.2, 0) is 0 Å². The van der Waals surface area contributed by atoms with Gasteiger partial charge in [0.1, 0.15) is 0 Å². The highest BCUT2D eigenvalue weighted by Gasteiger charge is 2.17. The fourth-order valence-electron chi connectivity index (χ4n) is 7.01. The summed E-state index contributed by atoms with van der Waals surface area (Å²) in [7, 11) is 0. The van der Waals surface area contributed by atoms with Crippen molar-refractivity contribution in [3.05, 3.63) is 170 Å². The van der Waals surface area contributed by atoms with E-state index in [9.17, 15) is 0 Å². The number of para-hydroxylation sites is 1. The van der Waals surface area contributed by atoms with Gasteiger partial charge in [-0.05, 0) is 58.3 Å². The van der Waals surface area contributed by atoms with E-state index in [0.717, 1.165) is 82.6 Å². The molecular formula is C46H28N6. The number of benzene rings is 6. The van der Waals surface area contributed by atoms with Gasteiger partial charge in [-0.15, -0.1) is 0 Å². The second-order valence-corrected chi connectivity index (χ2v) is 12.8. The molecule has 6 heteroatoms. The van der Waals surface area contributed by atoms with Crippen molar-refractivity contribution in [1.82, 2.24) is 29.9 Å². The number of aromatic nitrogens is 6. The van der Waals surface area contributed by atoms with Gasteiger partial charge in [-0.25, -0.2) is 19.9 Å². The van der Waals surface area contributed by atoms with Gasteiger partial charge in [-0.3, -0.25) is 9.97 Å². The Bertz CT molecular complexity index is 2970. The van der Waals surface area contributed by atoms with Crippen molar-refractivity contribution in [2.24, 2.45) is 0 Å². The lowest BCUT2D eigenvalue weighted by atomic mass is 9.99. The first-order valence-electron chi connectivity index (χ1n) is 17.2. The molecule has 0 amide bonds. The van der Waals surface area contributed by atoms with E-state index in [0.29, 0.717) is 17.5 Å². The van der Waals surface area contributed by atoms with Crippen LogP contribution >= 0.6 is 0 Å². The third kappa shape index (κ3) is 5.22. The van der Waals surface area contributed by atoms with Crippen LogP contribution in [0.4, 0.5) is 0 Å². The van der Waals surface area contributed by atoms with Gasteiger partial charge < -0.3 is 0 Å². The SMILES string of the molecule is c1ccc(-c2cccc(-c3nc(-c4cccc5ccc(-c6ccc7ccc8cccnc8c7n6)cc45)nc(-c4cccc5cccnc45)n3)c2)cc1. The van der Waals surface area contributed by atoms with Crippen LogP contribution in [0, 0.1) is 0 Å². The van der Waals surface area contributed by atoms with Crippen molar-refractivity contribution in [3.63, 3.8) is 0 Å². The molecule has 6 aromatic carbocycles. The molecule has 0 aliphatic heterocycles. The second-order valence-electron chi connectivity index (χ2n) is 12.8. The minimum absolute atomic E-state index is 0.568. The largest absolute Gasteiger partial charge is 0.255 e. The summed E-state index contributed by atoms with van der Waals surface area (Å²) < 4.78 is 0. The highest BCUT2D eigenvalue weighted by atomic mass is 15.0. The molecule has 52 heavy (non-hydrogen) atoms. The molecule has 0 bridgehead atoms. The molecule has 0 spiro atoms. The third-order valence-corrected chi connectivity index (χ3v) is 9.59. The predicted octanol–water partition coefficient (Wildman–Crippen LogP) is 11.0. The molecule has 0 radical (unpaired) electrons. The van der Waals surface area contributed by atoms with Gasteiger partial charge >= 0.3 is 0 Å². The topological polar surface area (TPSA) is 77.3 Å². The summed E-state index contributed by atoms with van der Waals surface area (Å²) in [6.07, 6.45) is 3.63. The fourth-order valence-corrected chi connectivity index (χ4v) is 7.01. The summed E-state index contributed by atoms with van der Waals surface area (Å²) in [5.41, 5.74) is 9.38. The molecule has 0 aliphatic carbocycles. The van der Waals surface area contributed by atoms with E-state index >= 15 is 0 Å². The van der Waals surface area contributed by atoms with E-state index in [1.807, 2.05) is 42.7 Å². The van der Waals surface area contributed by atoms with Gasteiger partial charge in [-0.1, -0.05) is 121 Å². The summed E-state index contributed by atoms with van der Waals surface area (Å²) in [6.45, 7) is 0. The van der Waals surface area contributed by atoms with E-state index in [-0.39, 0.29) is 0 Å². The lowest BCUT2D eigenvalue weighted by Gasteiger charge is -2.13. The van der Waals surface area contributed by atoms with E-state index in [1.54, 1.807) is 0 Å². The van der Waals surface area contributed by atoms with Crippen LogP contribution in [0.5, 0.6) is 0 Å². The van der Waals surface area contributed by atoms with E-state index in [1.165, 1.54) is 0 Å². The molecule has 0 saturated carbocycles. The standard InChI is InChI=1S/C46H28N6/c1-2-9-29(10-3-1)34-13-4-14-36(27-34)44-50-45(52-46(51-44)38-18-6-12-31-15-7-25-47-41(31)38)37-17-5-11-30-19-22-35(28-39(30)37)40-24-23-33-21-20-32-16-8-26-48-42(32)43(33)49-40/h1-28H. The zero-order chi connectivity index (χ0) is 34.4. The first kappa shape index (κ1) is 29.7. The number of fused-ring (bicyclic) bond motifs is 5. The molecule has 4 heterocycles. The minimum atomic E-state index is 0.568. The molecule has 4 aromatic heterocycles. The van der Waals surface area contributed by atoms with Crippen molar-refractivity contribution < 1.29 is 0 Å². The number of hydrogen-bond acceptors (Lipinski definition) is 6. The Morgan fingerprint density at radius 1 is 0.308 bits per heavy atom. The molecule has 0 atom stereocenters. The average molecular weight is 665 g/mol. The van der Waals surface area contributed by atoms with Crippen LogP contribution < -0.4 is 0 Å². The normalized spacial score (nSPS) is 11.5. The Kier molecular flexibility index (Phi) is 7.03. The van der Waals surface area contributed by atoms with E-state index < -0.39 is 0 Å². The first-order chi connectivity index (χ1) is 25.7. The number of rotatable bonds is 5. The average Bonchev–Trinajstić information content (AvgIpc) is 3.23. The van der Waals surface area contributed by atoms with Crippen LogP contribution in [0.1, 0.15) is 0 Å². The van der Waals surface area contributed by atoms with Crippen LogP contribution in [0.2, 0.25) is 0 Å². The zero-order valence-corrected chi connectivity index (χ0v) is 27.8. The van der Waals surface area contributed by atoms with Gasteiger partial charge in [0.25, 0.3) is 0 Å². The zero-order valence-electron chi connectivity index (χ0n) is 27.8. The van der Waals surface area contributed by atoms with Crippen molar-refractivity contribution in [1.29, 1.82) is 0 Å².